The number of rotatable bonds is 6. The van der Waals surface area contributed by atoms with Gasteiger partial charge in [0.05, 0.1) is 17.7 Å². The summed E-state index contributed by atoms with van der Waals surface area (Å²) in [5.74, 6) is 0.360. The van der Waals surface area contributed by atoms with E-state index in [4.69, 9.17) is 4.42 Å². The highest BCUT2D eigenvalue weighted by molar-refractivity contribution is 7.89. The van der Waals surface area contributed by atoms with E-state index in [9.17, 15) is 13.2 Å². The Hall–Kier alpha value is -2.12. The van der Waals surface area contributed by atoms with E-state index in [0.29, 0.717) is 11.3 Å². The molecule has 7 heteroatoms. The number of hydrogen-bond acceptors (Lipinski definition) is 4. The molecule has 22 heavy (non-hydrogen) atoms. The summed E-state index contributed by atoms with van der Waals surface area (Å²) in [5.41, 5.74) is 0.455. The Kier molecular flexibility index (Phi) is 4.00. The minimum atomic E-state index is -3.63. The Balaban J connectivity index is 1.66. The summed E-state index contributed by atoms with van der Waals surface area (Å²) in [7, 11) is -3.63. The third-order valence-electron chi connectivity index (χ3n) is 3.36. The average Bonchev–Trinajstić information content (AvgIpc) is 3.16. The molecular weight excluding hydrogens is 304 g/mol. The molecule has 0 aliphatic heterocycles. The van der Waals surface area contributed by atoms with Crippen LogP contribution in [0.25, 0.3) is 0 Å². The van der Waals surface area contributed by atoms with Gasteiger partial charge in [0.15, 0.2) is 0 Å². The first kappa shape index (κ1) is 14.8. The molecule has 1 heterocycles. The zero-order valence-electron chi connectivity index (χ0n) is 11.8. The van der Waals surface area contributed by atoms with E-state index in [0.717, 1.165) is 12.8 Å². The van der Waals surface area contributed by atoms with Crippen molar-refractivity contribution in [1.29, 1.82) is 0 Å². The van der Waals surface area contributed by atoms with Crippen molar-refractivity contribution in [1.82, 2.24) is 10.0 Å². The largest absolute Gasteiger partial charge is 0.468 e. The molecule has 0 bridgehead atoms. The van der Waals surface area contributed by atoms with Gasteiger partial charge in [-0.05, 0) is 49.2 Å². The van der Waals surface area contributed by atoms with E-state index in [1.165, 1.54) is 30.5 Å². The van der Waals surface area contributed by atoms with Gasteiger partial charge in [0, 0.05) is 11.6 Å². The lowest BCUT2D eigenvalue weighted by atomic mass is 10.2. The highest BCUT2D eigenvalue weighted by Gasteiger charge is 2.24. The number of hydrogen-bond donors (Lipinski definition) is 2. The van der Waals surface area contributed by atoms with Gasteiger partial charge in [-0.15, -0.1) is 0 Å². The van der Waals surface area contributed by atoms with E-state index >= 15 is 0 Å². The molecule has 1 amide bonds. The predicted octanol–water partition coefficient (Wildman–Crippen LogP) is 1.65. The molecule has 2 N–H and O–H groups in total. The van der Waals surface area contributed by atoms with Crippen LogP contribution in [0.15, 0.2) is 52.0 Å². The number of sulfonamides is 1. The van der Waals surface area contributed by atoms with Crippen molar-refractivity contribution < 1.29 is 17.6 Å². The first-order valence-electron chi connectivity index (χ1n) is 6.97. The van der Waals surface area contributed by atoms with E-state index in [1.807, 2.05) is 0 Å². The van der Waals surface area contributed by atoms with Crippen LogP contribution in [0.4, 0.5) is 0 Å². The Bertz CT molecular complexity index is 747. The number of nitrogens with one attached hydrogen (secondary N) is 2. The second kappa shape index (κ2) is 5.94. The van der Waals surface area contributed by atoms with Crippen molar-refractivity contribution in [2.45, 2.75) is 30.3 Å². The summed E-state index contributed by atoms with van der Waals surface area (Å²) in [6, 6.07) is 9.52. The fourth-order valence-electron chi connectivity index (χ4n) is 1.94. The van der Waals surface area contributed by atoms with E-state index < -0.39 is 10.0 Å². The monoisotopic (exact) mass is 320 g/mol. The van der Waals surface area contributed by atoms with Crippen molar-refractivity contribution in [3.05, 3.63) is 54.0 Å². The zero-order chi connectivity index (χ0) is 15.6. The van der Waals surface area contributed by atoms with Crippen LogP contribution in [-0.4, -0.2) is 20.4 Å². The Morgan fingerprint density at radius 3 is 2.50 bits per heavy atom. The Labute approximate surface area is 128 Å². The topological polar surface area (TPSA) is 88.4 Å². The van der Waals surface area contributed by atoms with E-state index in [-0.39, 0.29) is 23.4 Å². The maximum atomic E-state index is 12.1. The maximum absolute atomic E-state index is 12.1. The lowest BCUT2D eigenvalue weighted by Crippen LogP contribution is -2.26. The summed E-state index contributed by atoms with van der Waals surface area (Å²) in [6.45, 7) is 0.0826. The molecule has 1 aromatic carbocycles. The van der Waals surface area contributed by atoms with Crippen molar-refractivity contribution in [2.24, 2.45) is 0 Å². The van der Waals surface area contributed by atoms with Crippen LogP contribution < -0.4 is 10.0 Å². The van der Waals surface area contributed by atoms with Gasteiger partial charge in [-0.2, -0.15) is 0 Å². The van der Waals surface area contributed by atoms with Crippen LogP contribution in [0.1, 0.15) is 29.0 Å². The summed E-state index contributed by atoms with van der Waals surface area (Å²) >= 11 is 0. The molecule has 0 saturated heterocycles. The van der Waals surface area contributed by atoms with Gasteiger partial charge in [0.2, 0.25) is 10.0 Å². The van der Waals surface area contributed by atoms with Crippen molar-refractivity contribution >= 4 is 15.9 Å². The molecule has 2 aromatic rings. The highest BCUT2D eigenvalue weighted by atomic mass is 32.2. The normalized spacial score (nSPS) is 14.7. The number of carbonyl (C=O) groups excluding carboxylic acids is 1. The van der Waals surface area contributed by atoms with Gasteiger partial charge in [-0.1, -0.05) is 0 Å². The van der Waals surface area contributed by atoms with Gasteiger partial charge in [0.1, 0.15) is 5.76 Å². The minimum absolute atomic E-state index is 0.0826. The molecule has 0 spiro atoms. The summed E-state index contributed by atoms with van der Waals surface area (Å²) in [5, 5.41) is 2.86. The minimum Gasteiger partial charge on any atom is -0.468 e. The van der Waals surface area contributed by atoms with Crippen LogP contribution in [0.5, 0.6) is 0 Å². The first-order valence-corrected chi connectivity index (χ1v) is 8.46. The van der Waals surface area contributed by atoms with Gasteiger partial charge in [0.25, 0.3) is 5.91 Å². The average molecular weight is 320 g/mol. The number of benzene rings is 1. The molecule has 1 fully saturated rings. The quantitative estimate of drug-likeness (QED) is 0.847. The third-order valence-corrected chi connectivity index (χ3v) is 4.77. The Morgan fingerprint density at radius 1 is 1.18 bits per heavy atom. The standard InChI is InChI=1S/C15H16N2O4S/c18-15(17-12-5-6-12)11-3-7-14(8-4-11)22(19,20)16-10-13-2-1-9-21-13/h1-4,7-9,12,16H,5-6,10H2,(H,17,18). The molecule has 1 aliphatic rings. The smallest absolute Gasteiger partial charge is 0.251 e. The molecule has 0 atom stereocenters. The van der Waals surface area contributed by atoms with E-state index in [1.54, 1.807) is 12.1 Å². The Morgan fingerprint density at radius 2 is 1.91 bits per heavy atom. The number of furan rings is 1. The van der Waals surface area contributed by atoms with Crippen LogP contribution in [0.2, 0.25) is 0 Å². The van der Waals surface area contributed by atoms with Gasteiger partial charge < -0.3 is 9.73 Å². The lowest BCUT2D eigenvalue weighted by molar-refractivity contribution is 0.0951. The molecule has 0 unspecified atom stereocenters. The van der Waals surface area contributed by atoms with Crippen molar-refractivity contribution in [3.8, 4) is 0 Å². The van der Waals surface area contributed by atoms with Gasteiger partial charge >= 0.3 is 0 Å². The zero-order valence-corrected chi connectivity index (χ0v) is 12.6. The molecule has 1 saturated carbocycles. The fourth-order valence-corrected chi connectivity index (χ4v) is 2.94. The highest BCUT2D eigenvalue weighted by Crippen LogP contribution is 2.19. The van der Waals surface area contributed by atoms with Crippen LogP contribution in [0.3, 0.4) is 0 Å². The molecular formula is C15H16N2O4S. The summed E-state index contributed by atoms with van der Waals surface area (Å²) in [6.07, 6.45) is 3.50. The van der Waals surface area contributed by atoms with Crippen LogP contribution >= 0.6 is 0 Å². The van der Waals surface area contributed by atoms with Crippen LogP contribution in [0, 0.1) is 0 Å². The molecule has 1 aromatic heterocycles. The second-order valence-electron chi connectivity index (χ2n) is 5.18. The van der Waals surface area contributed by atoms with Crippen molar-refractivity contribution in [3.63, 3.8) is 0 Å². The maximum Gasteiger partial charge on any atom is 0.251 e. The van der Waals surface area contributed by atoms with Crippen molar-refractivity contribution in [2.75, 3.05) is 0 Å². The SMILES string of the molecule is O=C(NC1CC1)c1ccc(S(=O)(=O)NCc2ccco2)cc1. The van der Waals surface area contributed by atoms with E-state index in [2.05, 4.69) is 10.0 Å². The first-order chi connectivity index (χ1) is 10.5. The lowest BCUT2D eigenvalue weighted by Gasteiger charge is -2.07. The third kappa shape index (κ3) is 3.55. The number of amides is 1. The second-order valence-corrected chi connectivity index (χ2v) is 6.94. The molecule has 116 valence electrons. The van der Waals surface area contributed by atoms with Gasteiger partial charge in [-0.3, -0.25) is 4.79 Å². The summed E-state index contributed by atoms with van der Waals surface area (Å²) in [4.78, 5) is 12.0. The molecule has 3 rings (SSSR count). The predicted molar refractivity (Wildman–Crippen MR) is 79.7 cm³/mol. The fraction of sp³-hybridized carbons (Fsp3) is 0.267. The van der Waals surface area contributed by atoms with Crippen LogP contribution in [-0.2, 0) is 16.6 Å². The molecule has 6 nitrogen and oxygen atoms in total. The van der Waals surface area contributed by atoms with Gasteiger partial charge in [-0.25, -0.2) is 13.1 Å². The number of carbonyl (C=O) groups is 1. The molecule has 1 aliphatic carbocycles. The summed E-state index contributed by atoms with van der Waals surface area (Å²) < 4.78 is 31.8. The molecule has 0 radical (unpaired) electrons.